The van der Waals surface area contributed by atoms with Gasteiger partial charge in [0, 0.05) is 13.1 Å². The van der Waals surface area contributed by atoms with Crippen molar-refractivity contribution in [2.45, 2.75) is 71.4 Å². The Kier molecular flexibility index (Phi) is 9.61. The summed E-state index contributed by atoms with van der Waals surface area (Å²) in [6.07, 6.45) is 3.48. The Morgan fingerprint density at radius 1 is 0.880 bits per heavy atom. The molecule has 1 aromatic carbocycles. The monoisotopic (exact) mass is 357 g/mol. The van der Waals surface area contributed by atoms with Gasteiger partial charge >= 0.3 is 6.18 Å². The van der Waals surface area contributed by atoms with Gasteiger partial charge in [-0.15, -0.1) is 0 Å². The average molecular weight is 357 g/mol. The van der Waals surface area contributed by atoms with Gasteiger partial charge in [0.1, 0.15) is 0 Å². The molecular weight excluding hydrogens is 327 g/mol. The van der Waals surface area contributed by atoms with E-state index in [4.69, 9.17) is 0 Å². The smallest absolute Gasteiger partial charge is 0.339 e. The van der Waals surface area contributed by atoms with Gasteiger partial charge in [-0.05, 0) is 25.0 Å². The molecule has 1 aromatic rings. The number of alkyl halides is 3. The number of hydrogen-bond acceptors (Lipinski definition) is 1. The fourth-order valence-corrected chi connectivity index (χ4v) is 2.86. The molecule has 0 aliphatic carbocycles. The van der Waals surface area contributed by atoms with E-state index in [9.17, 15) is 18.0 Å². The number of hydrogen-bond donors (Lipinski definition) is 0. The van der Waals surface area contributed by atoms with Gasteiger partial charge in [-0.3, -0.25) is 4.79 Å². The van der Waals surface area contributed by atoms with E-state index in [0.717, 1.165) is 57.4 Å². The summed E-state index contributed by atoms with van der Waals surface area (Å²) in [7, 11) is 0. The van der Waals surface area contributed by atoms with E-state index in [-0.39, 0.29) is 5.56 Å². The molecular formula is C20H30F3NO. The minimum Gasteiger partial charge on any atom is -0.339 e. The van der Waals surface area contributed by atoms with E-state index in [1.165, 1.54) is 18.2 Å². The number of benzene rings is 1. The molecule has 1 amide bonds. The van der Waals surface area contributed by atoms with Crippen molar-refractivity contribution in [3.8, 4) is 0 Å². The minimum atomic E-state index is -4.51. The van der Waals surface area contributed by atoms with Crippen molar-refractivity contribution >= 4 is 5.91 Å². The van der Waals surface area contributed by atoms with Gasteiger partial charge in [0.05, 0.1) is 11.1 Å². The minimum absolute atomic E-state index is 0.235. The van der Waals surface area contributed by atoms with Gasteiger partial charge in [0.2, 0.25) is 0 Å². The zero-order chi connectivity index (χ0) is 18.7. The van der Waals surface area contributed by atoms with Crippen molar-refractivity contribution in [2.24, 2.45) is 0 Å². The van der Waals surface area contributed by atoms with Crippen LogP contribution in [0.2, 0.25) is 0 Å². The molecule has 0 radical (unpaired) electrons. The number of halogens is 3. The molecule has 0 N–H and O–H groups in total. The zero-order valence-corrected chi connectivity index (χ0v) is 15.4. The number of amides is 1. The Hall–Kier alpha value is -1.52. The molecule has 0 heterocycles. The Balaban J connectivity index is 2.86. The molecule has 0 aromatic heterocycles. The summed E-state index contributed by atoms with van der Waals surface area (Å²) in [4.78, 5) is 14.4. The molecule has 2 nitrogen and oxygen atoms in total. The van der Waals surface area contributed by atoms with Gasteiger partial charge < -0.3 is 4.90 Å². The van der Waals surface area contributed by atoms with Gasteiger partial charge in [-0.25, -0.2) is 0 Å². The van der Waals surface area contributed by atoms with Crippen molar-refractivity contribution in [1.29, 1.82) is 0 Å². The molecule has 5 heteroatoms. The summed E-state index contributed by atoms with van der Waals surface area (Å²) in [5, 5.41) is 0. The molecule has 0 bridgehead atoms. The maximum atomic E-state index is 13.2. The second kappa shape index (κ2) is 11.2. The van der Waals surface area contributed by atoms with E-state index < -0.39 is 17.6 Å². The van der Waals surface area contributed by atoms with Crippen LogP contribution < -0.4 is 0 Å². The van der Waals surface area contributed by atoms with E-state index in [1.54, 1.807) is 4.90 Å². The van der Waals surface area contributed by atoms with Crippen LogP contribution in [0, 0.1) is 0 Å². The quantitative estimate of drug-likeness (QED) is 0.425. The van der Waals surface area contributed by atoms with Crippen LogP contribution >= 0.6 is 0 Å². The van der Waals surface area contributed by atoms with E-state index in [0.29, 0.717) is 13.1 Å². The first kappa shape index (κ1) is 21.5. The summed E-state index contributed by atoms with van der Waals surface area (Å²) >= 11 is 0. The Bertz CT molecular complexity index is 502. The Morgan fingerprint density at radius 3 is 1.88 bits per heavy atom. The third kappa shape index (κ3) is 7.49. The van der Waals surface area contributed by atoms with Gasteiger partial charge in [-0.1, -0.05) is 64.5 Å². The zero-order valence-electron chi connectivity index (χ0n) is 15.4. The first-order valence-corrected chi connectivity index (χ1v) is 9.37. The lowest BCUT2D eigenvalue weighted by atomic mass is 10.0. The summed E-state index contributed by atoms with van der Waals surface area (Å²) in [5.41, 5.74) is -1.08. The fourth-order valence-electron chi connectivity index (χ4n) is 2.86. The maximum Gasteiger partial charge on any atom is 0.417 e. The van der Waals surface area contributed by atoms with Crippen molar-refractivity contribution < 1.29 is 18.0 Å². The van der Waals surface area contributed by atoms with Crippen LogP contribution in [-0.2, 0) is 6.18 Å². The molecule has 0 aliphatic heterocycles. The van der Waals surface area contributed by atoms with Gasteiger partial charge in [0.15, 0.2) is 0 Å². The molecule has 25 heavy (non-hydrogen) atoms. The molecule has 0 atom stereocenters. The first-order chi connectivity index (χ1) is 11.9. The van der Waals surface area contributed by atoms with E-state index >= 15 is 0 Å². The van der Waals surface area contributed by atoms with Crippen molar-refractivity contribution in [3.63, 3.8) is 0 Å². The predicted molar refractivity (Wildman–Crippen MR) is 95.6 cm³/mol. The second-order valence-electron chi connectivity index (χ2n) is 6.46. The number of carbonyl (C=O) groups excluding carboxylic acids is 1. The lowest BCUT2D eigenvalue weighted by molar-refractivity contribution is -0.138. The SMILES string of the molecule is CCCCCCN(CCCCCC)C(=O)c1ccccc1C(F)(F)F. The highest BCUT2D eigenvalue weighted by Crippen LogP contribution is 2.32. The normalized spacial score (nSPS) is 11.6. The highest BCUT2D eigenvalue weighted by Gasteiger charge is 2.35. The van der Waals surface area contributed by atoms with E-state index in [2.05, 4.69) is 13.8 Å². The van der Waals surface area contributed by atoms with Crippen LogP contribution in [0.5, 0.6) is 0 Å². The van der Waals surface area contributed by atoms with Crippen LogP contribution in [0.15, 0.2) is 24.3 Å². The van der Waals surface area contributed by atoms with Crippen LogP contribution in [-0.4, -0.2) is 23.9 Å². The molecule has 0 saturated heterocycles. The summed E-state index contributed by atoms with van der Waals surface area (Å²) in [6, 6.07) is 5.09. The molecule has 0 spiro atoms. The number of nitrogens with zero attached hydrogens (tertiary/aromatic N) is 1. The van der Waals surface area contributed by atoms with Crippen LogP contribution in [0.4, 0.5) is 13.2 Å². The molecule has 1 rings (SSSR count). The molecule has 0 fully saturated rings. The summed E-state index contributed by atoms with van der Waals surface area (Å²) in [5.74, 6) is -0.499. The molecule has 142 valence electrons. The third-order valence-electron chi connectivity index (χ3n) is 4.31. The van der Waals surface area contributed by atoms with Crippen molar-refractivity contribution in [3.05, 3.63) is 35.4 Å². The first-order valence-electron chi connectivity index (χ1n) is 9.37. The lowest BCUT2D eigenvalue weighted by Gasteiger charge is -2.24. The highest BCUT2D eigenvalue weighted by atomic mass is 19.4. The Labute approximate surface area is 149 Å². The third-order valence-corrected chi connectivity index (χ3v) is 4.31. The van der Waals surface area contributed by atoms with Crippen LogP contribution in [0.1, 0.15) is 81.1 Å². The fraction of sp³-hybridized carbons (Fsp3) is 0.650. The lowest BCUT2D eigenvalue weighted by Crippen LogP contribution is -2.34. The van der Waals surface area contributed by atoms with Crippen LogP contribution in [0.25, 0.3) is 0 Å². The number of unbranched alkanes of at least 4 members (excludes halogenated alkanes) is 6. The topological polar surface area (TPSA) is 20.3 Å². The molecule has 0 saturated carbocycles. The molecule has 0 aliphatic rings. The maximum absolute atomic E-state index is 13.2. The standard InChI is InChI=1S/C20H30F3NO/c1-3-5-7-11-15-24(16-12-8-6-4-2)19(25)17-13-9-10-14-18(17)20(21,22)23/h9-10,13-14H,3-8,11-12,15-16H2,1-2H3. The predicted octanol–water partition coefficient (Wildman–Crippen LogP) is 6.31. The average Bonchev–Trinajstić information content (AvgIpc) is 2.59. The highest BCUT2D eigenvalue weighted by molar-refractivity contribution is 5.95. The van der Waals surface area contributed by atoms with Crippen molar-refractivity contribution in [1.82, 2.24) is 4.90 Å². The van der Waals surface area contributed by atoms with E-state index in [1.807, 2.05) is 0 Å². The van der Waals surface area contributed by atoms with Crippen LogP contribution in [0.3, 0.4) is 0 Å². The number of carbonyl (C=O) groups is 1. The largest absolute Gasteiger partial charge is 0.417 e. The second-order valence-corrected chi connectivity index (χ2v) is 6.46. The van der Waals surface area contributed by atoms with Crippen molar-refractivity contribution in [2.75, 3.05) is 13.1 Å². The summed E-state index contributed by atoms with van der Waals surface area (Å²) < 4.78 is 39.6. The number of rotatable bonds is 11. The van der Waals surface area contributed by atoms with Gasteiger partial charge in [0.25, 0.3) is 5.91 Å². The molecule has 0 unspecified atom stereocenters. The Morgan fingerprint density at radius 2 is 1.40 bits per heavy atom. The van der Waals surface area contributed by atoms with Gasteiger partial charge in [-0.2, -0.15) is 13.2 Å². The summed E-state index contributed by atoms with van der Waals surface area (Å²) in [6.45, 7) is 5.26.